The van der Waals surface area contributed by atoms with Gasteiger partial charge >= 0.3 is 0 Å². The summed E-state index contributed by atoms with van der Waals surface area (Å²) in [4.78, 5) is 28.1. The predicted molar refractivity (Wildman–Crippen MR) is 149 cm³/mol. The van der Waals surface area contributed by atoms with Crippen LogP contribution in [0.4, 0.5) is 0 Å². The quantitative estimate of drug-likeness (QED) is 0.473. The van der Waals surface area contributed by atoms with Crippen LogP contribution in [0.1, 0.15) is 62.1 Å². The van der Waals surface area contributed by atoms with E-state index < -0.39 is 0 Å². The number of nitrogens with one attached hydrogen (secondary N) is 1. The van der Waals surface area contributed by atoms with Crippen LogP contribution in [-0.4, -0.2) is 33.5 Å². The predicted octanol–water partition coefficient (Wildman–Crippen LogP) is 5.78. The maximum absolute atomic E-state index is 14.1. The lowest BCUT2D eigenvalue weighted by Gasteiger charge is -2.55. The van der Waals surface area contributed by atoms with E-state index in [1.165, 1.54) is 31.0 Å². The van der Waals surface area contributed by atoms with Crippen molar-refractivity contribution in [2.75, 3.05) is 27.6 Å². The number of carbonyl (C=O) groups excluding carboxylic acids is 1. The molecule has 38 heavy (non-hydrogen) atoms. The van der Waals surface area contributed by atoms with Crippen LogP contribution in [0.3, 0.4) is 0 Å². The Morgan fingerprint density at radius 1 is 0.947 bits per heavy atom. The molecule has 0 spiro atoms. The minimum absolute atomic E-state index is 0.0318. The van der Waals surface area contributed by atoms with Crippen molar-refractivity contribution in [1.82, 2.24) is 5.32 Å². The van der Waals surface area contributed by atoms with Gasteiger partial charge in [-0.05, 0) is 110 Å². The number of hydrogen-bond acceptors (Lipinski definition) is 6. The molecule has 0 heterocycles. The molecule has 6 nitrogen and oxygen atoms in total. The van der Waals surface area contributed by atoms with Gasteiger partial charge in [-0.1, -0.05) is 6.07 Å². The molecule has 1 atom stereocenters. The number of rotatable bonds is 6. The third-order valence-electron chi connectivity index (χ3n) is 9.55. The highest BCUT2D eigenvalue weighted by molar-refractivity contribution is 7.98. The highest BCUT2D eigenvalue weighted by Crippen LogP contribution is 2.60. The van der Waals surface area contributed by atoms with Gasteiger partial charge in [0.25, 0.3) is 0 Å². The van der Waals surface area contributed by atoms with Crippen LogP contribution >= 0.6 is 11.8 Å². The van der Waals surface area contributed by atoms with E-state index >= 15 is 0 Å². The average Bonchev–Trinajstić information content (AvgIpc) is 3.15. The largest absolute Gasteiger partial charge is 0.493 e. The van der Waals surface area contributed by atoms with Gasteiger partial charge in [-0.15, -0.1) is 11.8 Å². The maximum Gasteiger partial charge on any atom is 0.226 e. The van der Waals surface area contributed by atoms with Gasteiger partial charge in [-0.25, -0.2) is 0 Å². The Labute approximate surface area is 228 Å². The fourth-order valence-electron chi connectivity index (χ4n) is 8.32. The molecule has 2 aromatic carbocycles. The normalized spacial score (nSPS) is 28.6. The first-order valence-corrected chi connectivity index (χ1v) is 15.0. The Hall–Kier alpha value is -2.67. The molecule has 0 radical (unpaired) electrons. The Morgan fingerprint density at radius 3 is 2.18 bits per heavy atom. The van der Waals surface area contributed by atoms with E-state index in [1.807, 2.05) is 24.5 Å². The van der Waals surface area contributed by atoms with E-state index in [2.05, 4.69) is 5.32 Å². The Bertz CT molecular complexity index is 1300. The maximum atomic E-state index is 14.1. The smallest absolute Gasteiger partial charge is 0.226 e. The number of ether oxygens (including phenoxy) is 3. The summed E-state index contributed by atoms with van der Waals surface area (Å²) >= 11 is 1.44. The van der Waals surface area contributed by atoms with Crippen LogP contribution < -0.4 is 25.0 Å². The summed E-state index contributed by atoms with van der Waals surface area (Å²) in [5.41, 5.74) is 3.41. The van der Waals surface area contributed by atoms with Gasteiger partial charge in [-0.2, -0.15) is 0 Å². The van der Waals surface area contributed by atoms with Gasteiger partial charge in [-0.3, -0.25) is 9.59 Å². The second-order valence-corrected chi connectivity index (χ2v) is 12.6. The first kappa shape index (κ1) is 25.6. The zero-order valence-electron chi connectivity index (χ0n) is 22.7. The molecule has 202 valence electrons. The number of thioether (sulfide) groups is 1. The zero-order valence-corrected chi connectivity index (χ0v) is 23.5. The summed E-state index contributed by atoms with van der Waals surface area (Å²) in [6.07, 6.45) is 10.2. The third kappa shape index (κ3) is 4.09. The highest BCUT2D eigenvalue weighted by atomic mass is 32.2. The Balaban J connectivity index is 1.47. The van der Waals surface area contributed by atoms with E-state index in [4.69, 9.17) is 14.2 Å². The number of hydrogen-bond donors (Lipinski definition) is 1. The molecule has 0 saturated heterocycles. The van der Waals surface area contributed by atoms with Gasteiger partial charge in [0.2, 0.25) is 11.7 Å². The monoisotopic (exact) mass is 535 g/mol. The van der Waals surface area contributed by atoms with Gasteiger partial charge in [0.1, 0.15) is 0 Å². The van der Waals surface area contributed by atoms with Crippen LogP contribution in [0.15, 0.2) is 34.0 Å². The second-order valence-electron chi connectivity index (χ2n) is 11.7. The Morgan fingerprint density at radius 2 is 1.61 bits per heavy atom. The summed E-state index contributed by atoms with van der Waals surface area (Å²) in [6, 6.07) is 7.36. The van der Waals surface area contributed by atoms with Crippen molar-refractivity contribution in [2.45, 2.75) is 62.3 Å². The van der Waals surface area contributed by atoms with Crippen LogP contribution in [-0.2, 0) is 11.2 Å². The highest BCUT2D eigenvalue weighted by Gasteiger charge is 2.54. The fourth-order valence-corrected chi connectivity index (χ4v) is 8.78. The van der Waals surface area contributed by atoms with Crippen molar-refractivity contribution >= 4 is 17.7 Å². The molecule has 1 amide bonds. The first-order valence-electron chi connectivity index (χ1n) is 13.7. The lowest BCUT2D eigenvalue weighted by Crippen LogP contribution is -2.54. The van der Waals surface area contributed by atoms with Crippen molar-refractivity contribution < 1.29 is 19.0 Å². The van der Waals surface area contributed by atoms with Crippen molar-refractivity contribution in [3.05, 3.63) is 45.6 Å². The van der Waals surface area contributed by atoms with Crippen molar-refractivity contribution in [3.63, 3.8) is 0 Å². The second kappa shape index (κ2) is 9.82. The summed E-state index contributed by atoms with van der Waals surface area (Å²) in [7, 11) is 4.85. The molecule has 5 aliphatic carbocycles. The minimum Gasteiger partial charge on any atom is -0.493 e. The number of carbonyl (C=O) groups is 1. The van der Waals surface area contributed by atoms with Gasteiger partial charge < -0.3 is 19.5 Å². The minimum atomic E-state index is -0.269. The first-order chi connectivity index (χ1) is 18.4. The van der Waals surface area contributed by atoms with Crippen molar-refractivity contribution in [3.8, 4) is 28.4 Å². The molecule has 7 heteroatoms. The van der Waals surface area contributed by atoms with Gasteiger partial charge in [0, 0.05) is 11.0 Å². The third-order valence-corrected chi connectivity index (χ3v) is 10.3. The fraction of sp³-hybridized carbons (Fsp3) is 0.548. The molecule has 4 saturated carbocycles. The standard InChI is InChI=1S/C31H37NO5S/c1-35-25-12-20-5-7-23(32-30(34)31-14-17-9-18(15-31)11-19(10-17)16-31)22-13-24(33)26(38-4)8-6-21(22)27(20)29(37-3)28(25)36-2/h6,8,12-13,17-19,23H,5,7,9-11,14-16H2,1-4H3,(H,32,34)/t17?,18?,19?,23-,31?/m0/s1. The average molecular weight is 536 g/mol. The number of fused-ring (bicyclic) bond motifs is 3. The SMILES string of the molecule is COc1cc2c(c(OC)c1OC)-c1ccc(SC)c(=O)cc1[C@@H](NC(=O)C13CC4CC(CC(C4)C1)C3)CC2. The van der Waals surface area contributed by atoms with E-state index in [1.54, 1.807) is 27.4 Å². The summed E-state index contributed by atoms with van der Waals surface area (Å²) in [6.45, 7) is 0. The van der Waals surface area contributed by atoms with Crippen LogP contribution in [0.25, 0.3) is 11.1 Å². The van der Waals surface area contributed by atoms with Crippen LogP contribution in [0.2, 0.25) is 0 Å². The number of aryl methyl sites for hydroxylation is 1. The Kier molecular flexibility index (Phi) is 6.61. The number of methoxy groups -OCH3 is 3. The van der Waals surface area contributed by atoms with E-state index in [-0.39, 0.29) is 22.8 Å². The molecule has 1 N–H and O–H groups in total. The molecule has 7 rings (SSSR count). The lowest BCUT2D eigenvalue weighted by atomic mass is 9.49. The summed E-state index contributed by atoms with van der Waals surface area (Å²) < 4.78 is 17.3. The molecular formula is C31H37NO5S. The van der Waals surface area contributed by atoms with Gasteiger partial charge in [0.05, 0.1) is 32.3 Å². The van der Waals surface area contributed by atoms with Crippen LogP contribution in [0.5, 0.6) is 17.2 Å². The molecule has 0 aliphatic heterocycles. The van der Waals surface area contributed by atoms with E-state index in [9.17, 15) is 9.59 Å². The summed E-state index contributed by atoms with van der Waals surface area (Å²) in [5.74, 6) is 3.97. The van der Waals surface area contributed by atoms with Crippen molar-refractivity contribution in [2.24, 2.45) is 23.2 Å². The van der Waals surface area contributed by atoms with Gasteiger partial charge in [0.15, 0.2) is 16.9 Å². The summed E-state index contributed by atoms with van der Waals surface area (Å²) in [5, 5.41) is 3.49. The molecule has 4 bridgehead atoms. The van der Waals surface area contributed by atoms with E-state index in [0.29, 0.717) is 52.7 Å². The molecule has 0 aromatic heterocycles. The number of benzene rings is 1. The lowest BCUT2D eigenvalue weighted by molar-refractivity contribution is -0.147. The zero-order chi connectivity index (χ0) is 26.6. The topological polar surface area (TPSA) is 73.9 Å². The van der Waals surface area contributed by atoms with E-state index in [0.717, 1.165) is 41.5 Å². The van der Waals surface area contributed by atoms with Crippen LogP contribution in [0, 0.1) is 23.2 Å². The van der Waals surface area contributed by atoms with Crippen molar-refractivity contribution in [1.29, 1.82) is 0 Å². The molecule has 0 unspecified atom stereocenters. The number of amides is 1. The molecular weight excluding hydrogens is 498 g/mol. The molecule has 5 aliphatic rings. The molecule has 4 fully saturated rings. The molecule has 2 aromatic rings.